The molecule has 0 saturated heterocycles. The molecule has 0 aliphatic heterocycles. The van der Waals surface area contributed by atoms with Crippen molar-refractivity contribution in [1.82, 2.24) is 0 Å². The highest BCUT2D eigenvalue weighted by Gasteiger charge is 2.27. The number of halogens is 2. The Kier molecular flexibility index (Phi) is 8.44. The Hall–Kier alpha value is -2.43. The van der Waals surface area contributed by atoms with Crippen molar-refractivity contribution in [1.29, 1.82) is 0 Å². The van der Waals surface area contributed by atoms with E-state index in [0.717, 1.165) is 38.2 Å². The fraction of sp³-hybridized carbons (Fsp3) is 0.500. The molecule has 0 spiro atoms. The molecule has 0 aromatic heterocycles. The van der Waals surface area contributed by atoms with E-state index in [9.17, 15) is 13.6 Å². The Morgan fingerprint density at radius 3 is 2.10 bits per heavy atom. The summed E-state index contributed by atoms with van der Waals surface area (Å²) in [6, 6.07) is 8.50. The lowest BCUT2D eigenvalue weighted by molar-refractivity contribution is -0.140. The Bertz CT molecular complexity index is 873. The van der Waals surface area contributed by atoms with Crippen LogP contribution in [-0.2, 0) is 4.79 Å². The van der Waals surface area contributed by atoms with Crippen molar-refractivity contribution in [3.8, 4) is 22.6 Å². The molecule has 31 heavy (non-hydrogen) atoms. The summed E-state index contributed by atoms with van der Waals surface area (Å²) in [6.07, 6.45) is 8.22. The van der Waals surface area contributed by atoms with Crippen LogP contribution in [0.1, 0.15) is 65.2 Å². The van der Waals surface area contributed by atoms with E-state index in [-0.39, 0.29) is 28.8 Å². The molecule has 2 aromatic carbocycles. The average Bonchev–Trinajstić information content (AvgIpc) is 2.77. The Morgan fingerprint density at radius 2 is 1.52 bits per heavy atom. The highest BCUT2D eigenvalue weighted by molar-refractivity contribution is 5.75. The van der Waals surface area contributed by atoms with Gasteiger partial charge in [-0.2, -0.15) is 0 Å². The number of carbonyl (C=O) groups excluding carboxylic acids is 1. The SMILES string of the molecule is CCCC[C@H]1CC[C@H](C(=O)Oc2ccc(-c3ccc(OCCC)cc3F)c(F)c2)CC1. The minimum Gasteiger partial charge on any atom is -0.494 e. The number of hydrogen-bond acceptors (Lipinski definition) is 3. The molecule has 0 N–H and O–H groups in total. The first-order chi connectivity index (χ1) is 15.0. The van der Waals surface area contributed by atoms with E-state index in [1.54, 1.807) is 6.07 Å². The van der Waals surface area contributed by atoms with Crippen LogP contribution in [0.4, 0.5) is 8.78 Å². The first-order valence-corrected chi connectivity index (χ1v) is 11.5. The van der Waals surface area contributed by atoms with Crippen molar-refractivity contribution < 1.29 is 23.0 Å². The predicted molar refractivity (Wildman–Crippen MR) is 118 cm³/mol. The molecule has 168 valence electrons. The largest absolute Gasteiger partial charge is 0.494 e. The Labute approximate surface area is 183 Å². The normalized spacial score (nSPS) is 18.6. The van der Waals surface area contributed by atoms with Crippen LogP contribution in [0.25, 0.3) is 11.1 Å². The first-order valence-electron chi connectivity index (χ1n) is 11.5. The maximum Gasteiger partial charge on any atom is 0.314 e. The molecule has 0 heterocycles. The van der Waals surface area contributed by atoms with Gasteiger partial charge < -0.3 is 9.47 Å². The summed E-state index contributed by atoms with van der Waals surface area (Å²) in [7, 11) is 0. The van der Waals surface area contributed by atoms with E-state index >= 15 is 0 Å². The average molecular weight is 431 g/mol. The van der Waals surface area contributed by atoms with Gasteiger partial charge in [0.25, 0.3) is 0 Å². The minimum absolute atomic E-state index is 0.121. The summed E-state index contributed by atoms with van der Waals surface area (Å²) in [5.74, 6) is -0.347. The number of unbranched alkanes of at least 4 members (excludes halogenated alkanes) is 1. The maximum absolute atomic E-state index is 14.7. The minimum atomic E-state index is -0.630. The van der Waals surface area contributed by atoms with Crippen LogP contribution in [0.2, 0.25) is 0 Å². The van der Waals surface area contributed by atoms with Crippen LogP contribution < -0.4 is 9.47 Å². The first kappa shape index (κ1) is 23.2. The molecule has 3 rings (SSSR count). The summed E-state index contributed by atoms with van der Waals surface area (Å²) >= 11 is 0. The van der Waals surface area contributed by atoms with Crippen LogP contribution in [0.5, 0.6) is 11.5 Å². The molecule has 0 bridgehead atoms. The monoisotopic (exact) mass is 430 g/mol. The lowest BCUT2D eigenvalue weighted by Crippen LogP contribution is -2.25. The molecule has 1 fully saturated rings. The summed E-state index contributed by atoms with van der Waals surface area (Å²) in [6.45, 7) is 4.65. The highest BCUT2D eigenvalue weighted by atomic mass is 19.1. The zero-order valence-electron chi connectivity index (χ0n) is 18.5. The van der Waals surface area contributed by atoms with Crippen molar-refractivity contribution in [2.24, 2.45) is 11.8 Å². The summed E-state index contributed by atoms with van der Waals surface area (Å²) in [5, 5.41) is 0. The van der Waals surface area contributed by atoms with Gasteiger partial charge in [0.2, 0.25) is 0 Å². The number of hydrogen-bond donors (Lipinski definition) is 0. The summed E-state index contributed by atoms with van der Waals surface area (Å²) in [5.41, 5.74) is 0.264. The smallest absolute Gasteiger partial charge is 0.314 e. The summed E-state index contributed by atoms with van der Waals surface area (Å²) < 4.78 is 40.0. The van der Waals surface area contributed by atoms with E-state index in [1.807, 2.05) is 6.92 Å². The molecular weight excluding hydrogens is 398 g/mol. The maximum atomic E-state index is 14.7. The lowest BCUT2D eigenvalue weighted by atomic mass is 9.80. The standard InChI is InChI=1S/C26H32F2O3/c1-3-5-6-18-7-9-19(10-8-18)26(29)31-21-12-14-23(25(28)17-21)22-13-11-20(16-24(22)27)30-15-4-2/h11-14,16-19H,3-10,15H2,1-2H3/t18-,19-. The van der Waals surface area contributed by atoms with E-state index < -0.39 is 11.6 Å². The second kappa shape index (κ2) is 11.3. The van der Waals surface area contributed by atoms with Gasteiger partial charge in [-0.1, -0.05) is 33.1 Å². The molecule has 1 saturated carbocycles. The second-order valence-corrected chi connectivity index (χ2v) is 8.41. The number of carbonyl (C=O) groups is 1. The fourth-order valence-corrected chi connectivity index (χ4v) is 4.18. The van der Waals surface area contributed by atoms with Gasteiger partial charge in [-0.3, -0.25) is 4.79 Å². The fourth-order valence-electron chi connectivity index (χ4n) is 4.18. The molecule has 0 unspecified atom stereocenters. The van der Waals surface area contributed by atoms with Gasteiger partial charge in [0.15, 0.2) is 0 Å². The van der Waals surface area contributed by atoms with Crippen molar-refractivity contribution in [2.75, 3.05) is 6.61 Å². The molecule has 0 amide bonds. The van der Waals surface area contributed by atoms with Crippen LogP contribution in [0, 0.1) is 23.5 Å². The molecule has 3 nitrogen and oxygen atoms in total. The van der Waals surface area contributed by atoms with Crippen LogP contribution in [0.15, 0.2) is 36.4 Å². The third-order valence-corrected chi connectivity index (χ3v) is 6.01. The number of benzene rings is 2. The van der Waals surface area contributed by atoms with E-state index in [1.165, 1.54) is 43.5 Å². The van der Waals surface area contributed by atoms with Gasteiger partial charge in [-0.15, -0.1) is 0 Å². The van der Waals surface area contributed by atoms with Gasteiger partial charge >= 0.3 is 5.97 Å². The molecular formula is C26H32F2O3. The molecule has 0 radical (unpaired) electrons. The topological polar surface area (TPSA) is 35.5 Å². The molecule has 2 aromatic rings. The van der Waals surface area contributed by atoms with Crippen LogP contribution in [-0.4, -0.2) is 12.6 Å². The lowest BCUT2D eigenvalue weighted by Gasteiger charge is -2.27. The molecule has 5 heteroatoms. The summed E-state index contributed by atoms with van der Waals surface area (Å²) in [4.78, 5) is 12.5. The van der Waals surface area contributed by atoms with E-state index in [0.29, 0.717) is 18.3 Å². The van der Waals surface area contributed by atoms with Gasteiger partial charge in [-0.05, 0) is 62.3 Å². The molecule has 0 atom stereocenters. The van der Waals surface area contributed by atoms with E-state index in [2.05, 4.69) is 6.92 Å². The van der Waals surface area contributed by atoms with E-state index in [4.69, 9.17) is 9.47 Å². The van der Waals surface area contributed by atoms with Crippen molar-refractivity contribution in [3.05, 3.63) is 48.0 Å². The third-order valence-electron chi connectivity index (χ3n) is 6.01. The van der Waals surface area contributed by atoms with Gasteiger partial charge in [0.05, 0.1) is 12.5 Å². The van der Waals surface area contributed by atoms with Crippen molar-refractivity contribution in [2.45, 2.75) is 65.2 Å². The Balaban J connectivity index is 1.61. The van der Waals surface area contributed by atoms with Crippen LogP contribution >= 0.6 is 0 Å². The van der Waals surface area contributed by atoms with Gasteiger partial charge in [0.1, 0.15) is 23.1 Å². The highest BCUT2D eigenvalue weighted by Crippen LogP contribution is 2.34. The second-order valence-electron chi connectivity index (χ2n) is 8.41. The van der Waals surface area contributed by atoms with Crippen molar-refractivity contribution >= 4 is 5.97 Å². The zero-order chi connectivity index (χ0) is 22.2. The quantitative estimate of drug-likeness (QED) is 0.309. The van der Waals surface area contributed by atoms with Gasteiger partial charge in [-0.25, -0.2) is 8.78 Å². The van der Waals surface area contributed by atoms with Crippen LogP contribution in [0.3, 0.4) is 0 Å². The molecule has 1 aliphatic rings. The zero-order valence-corrected chi connectivity index (χ0v) is 18.5. The number of rotatable bonds is 9. The Morgan fingerprint density at radius 1 is 0.903 bits per heavy atom. The molecule has 1 aliphatic carbocycles. The predicted octanol–water partition coefficient (Wildman–Crippen LogP) is 7.32. The third kappa shape index (κ3) is 6.28. The number of esters is 1. The number of ether oxygens (including phenoxy) is 2. The van der Waals surface area contributed by atoms with Crippen molar-refractivity contribution in [3.63, 3.8) is 0 Å². The van der Waals surface area contributed by atoms with Gasteiger partial charge in [0, 0.05) is 23.3 Å².